The molecule has 0 aliphatic carbocycles. The van der Waals surface area contributed by atoms with Gasteiger partial charge in [-0.2, -0.15) is 0 Å². The molecule has 0 aromatic heterocycles. The molecule has 0 bridgehead atoms. The van der Waals surface area contributed by atoms with Gasteiger partial charge in [0, 0.05) is 13.2 Å². The molecule has 0 saturated carbocycles. The number of hydrogen-bond donors (Lipinski definition) is 2. The summed E-state index contributed by atoms with van der Waals surface area (Å²) in [7, 11) is 1.57. The molecule has 1 amide bonds. The van der Waals surface area contributed by atoms with Crippen molar-refractivity contribution >= 4 is 11.6 Å². The summed E-state index contributed by atoms with van der Waals surface area (Å²) in [5.74, 6) is 0.578. The van der Waals surface area contributed by atoms with E-state index in [9.17, 15) is 4.79 Å². The Hall–Kier alpha value is -1.59. The number of rotatable bonds is 5. The molecule has 1 aromatic carbocycles. The molecular weight excluding hydrogens is 244 g/mol. The number of methoxy groups -OCH3 is 1. The van der Waals surface area contributed by atoms with E-state index in [2.05, 4.69) is 5.32 Å². The van der Waals surface area contributed by atoms with Crippen molar-refractivity contribution in [3.63, 3.8) is 0 Å². The average Bonchev–Trinajstić information content (AvgIpc) is 2.91. The molecule has 1 fully saturated rings. The van der Waals surface area contributed by atoms with E-state index in [1.165, 1.54) is 0 Å². The Labute approximate surface area is 113 Å². The monoisotopic (exact) mass is 264 g/mol. The van der Waals surface area contributed by atoms with Crippen molar-refractivity contribution in [1.29, 1.82) is 0 Å². The van der Waals surface area contributed by atoms with Gasteiger partial charge in [-0.05, 0) is 30.5 Å². The lowest BCUT2D eigenvalue weighted by atomic mass is 10.1. The van der Waals surface area contributed by atoms with Crippen molar-refractivity contribution in [1.82, 2.24) is 0 Å². The quantitative estimate of drug-likeness (QED) is 0.848. The van der Waals surface area contributed by atoms with Crippen molar-refractivity contribution in [2.75, 3.05) is 19.0 Å². The molecule has 1 saturated heterocycles. The van der Waals surface area contributed by atoms with Crippen molar-refractivity contribution < 1.29 is 14.3 Å². The average molecular weight is 264 g/mol. The van der Waals surface area contributed by atoms with Gasteiger partial charge in [0.25, 0.3) is 0 Å². The molecule has 104 valence electrons. The Bertz CT molecular complexity index is 442. The molecule has 1 unspecified atom stereocenters. The molecule has 19 heavy (non-hydrogen) atoms. The Balaban J connectivity index is 1.99. The third-order valence-corrected chi connectivity index (χ3v) is 3.21. The highest BCUT2D eigenvalue weighted by atomic mass is 16.5. The van der Waals surface area contributed by atoms with Gasteiger partial charge in [-0.3, -0.25) is 4.79 Å². The Morgan fingerprint density at radius 3 is 3.05 bits per heavy atom. The van der Waals surface area contributed by atoms with Crippen molar-refractivity contribution in [3.8, 4) is 5.75 Å². The van der Waals surface area contributed by atoms with Crippen LogP contribution < -0.4 is 15.8 Å². The van der Waals surface area contributed by atoms with Gasteiger partial charge in [0.15, 0.2) is 0 Å². The molecule has 1 heterocycles. The van der Waals surface area contributed by atoms with Crippen LogP contribution in [0.5, 0.6) is 5.75 Å². The summed E-state index contributed by atoms with van der Waals surface area (Å²) in [6.07, 6.45) is 2.43. The highest BCUT2D eigenvalue weighted by Crippen LogP contribution is 2.26. The number of ether oxygens (including phenoxy) is 2. The van der Waals surface area contributed by atoms with Crippen LogP contribution in [0.1, 0.15) is 24.8 Å². The predicted molar refractivity (Wildman–Crippen MR) is 73.1 cm³/mol. The van der Waals surface area contributed by atoms with Crippen molar-refractivity contribution in [2.45, 2.75) is 31.9 Å². The number of anilines is 1. The molecule has 5 nitrogen and oxygen atoms in total. The first-order chi connectivity index (χ1) is 9.22. The van der Waals surface area contributed by atoms with Gasteiger partial charge in [-0.15, -0.1) is 0 Å². The van der Waals surface area contributed by atoms with E-state index >= 15 is 0 Å². The van der Waals surface area contributed by atoms with E-state index in [0.717, 1.165) is 25.0 Å². The van der Waals surface area contributed by atoms with E-state index in [1.807, 2.05) is 18.2 Å². The van der Waals surface area contributed by atoms with Crippen LogP contribution >= 0.6 is 0 Å². The van der Waals surface area contributed by atoms with Crippen LogP contribution in [0.25, 0.3) is 0 Å². The zero-order valence-corrected chi connectivity index (χ0v) is 11.1. The summed E-state index contributed by atoms with van der Waals surface area (Å²) < 4.78 is 10.7. The second kappa shape index (κ2) is 6.54. The van der Waals surface area contributed by atoms with E-state index in [4.69, 9.17) is 15.2 Å². The van der Waals surface area contributed by atoms with Crippen LogP contribution in [0, 0.1) is 0 Å². The molecule has 1 aromatic rings. The summed E-state index contributed by atoms with van der Waals surface area (Å²) in [6.45, 7) is 1.20. The maximum absolute atomic E-state index is 11.9. The third-order valence-electron chi connectivity index (χ3n) is 3.21. The minimum Gasteiger partial charge on any atom is -0.495 e. The standard InChI is InChI=1S/C14H20N2O3/c1-18-13-7-10(9-15)4-5-12(13)16-14(17)8-11-3-2-6-19-11/h4-5,7,11H,2-3,6,8-9,15H2,1H3,(H,16,17). The van der Waals surface area contributed by atoms with E-state index in [1.54, 1.807) is 7.11 Å². The van der Waals surface area contributed by atoms with E-state index in [0.29, 0.717) is 24.4 Å². The maximum Gasteiger partial charge on any atom is 0.227 e. The van der Waals surface area contributed by atoms with Gasteiger partial charge < -0.3 is 20.5 Å². The highest BCUT2D eigenvalue weighted by Gasteiger charge is 2.19. The van der Waals surface area contributed by atoms with Gasteiger partial charge in [0.05, 0.1) is 25.3 Å². The van der Waals surface area contributed by atoms with Gasteiger partial charge >= 0.3 is 0 Å². The molecule has 0 spiro atoms. The Kier molecular flexibility index (Phi) is 4.76. The minimum absolute atomic E-state index is 0.0503. The molecule has 0 radical (unpaired) electrons. The maximum atomic E-state index is 11.9. The summed E-state index contributed by atoms with van der Waals surface area (Å²) >= 11 is 0. The molecule has 3 N–H and O–H groups in total. The summed E-state index contributed by atoms with van der Waals surface area (Å²) in [5.41, 5.74) is 7.21. The first-order valence-corrected chi connectivity index (χ1v) is 6.51. The third kappa shape index (κ3) is 3.68. The second-order valence-electron chi connectivity index (χ2n) is 4.63. The van der Waals surface area contributed by atoms with Crippen LogP contribution in [-0.4, -0.2) is 25.7 Å². The van der Waals surface area contributed by atoms with Crippen LogP contribution in [0.3, 0.4) is 0 Å². The van der Waals surface area contributed by atoms with Gasteiger partial charge in [-0.1, -0.05) is 6.07 Å². The lowest BCUT2D eigenvalue weighted by Crippen LogP contribution is -2.19. The number of carbonyl (C=O) groups excluding carboxylic acids is 1. The second-order valence-corrected chi connectivity index (χ2v) is 4.63. The molecule has 5 heteroatoms. The lowest BCUT2D eigenvalue weighted by molar-refractivity contribution is -0.118. The SMILES string of the molecule is COc1cc(CN)ccc1NC(=O)CC1CCCO1. The summed E-state index contributed by atoms with van der Waals surface area (Å²) in [4.78, 5) is 11.9. The zero-order valence-electron chi connectivity index (χ0n) is 11.1. The van der Waals surface area contributed by atoms with E-state index < -0.39 is 0 Å². The summed E-state index contributed by atoms with van der Waals surface area (Å²) in [5, 5.41) is 2.85. The summed E-state index contributed by atoms with van der Waals surface area (Å²) in [6, 6.07) is 5.53. The normalized spacial score (nSPS) is 18.3. The van der Waals surface area contributed by atoms with Gasteiger partial charge in [-0.25, -0.2) is 0 Å². The topological polar surface area (TPSA) is 73.6 Å². The number of benzene rings is 1. The predicted octanol–water partition coefficient (Wildman–Crippen LogP) is 1.66. The van der Waals surface area contributed by atoms with Crippen LogP contribution in [-0.2, 0) is 16.1 Å². The van der Waals surface area contributed by atoms with Crippen LogP contribution in [0.4, 0.5) is 5.69 Å². The number of nitrogens with one attached hydrogen (secondary N) is 1. The fraction of sp³-hybridized carbons (Fsp3) is 0.500. The fourth-order valence-corrected chi connectivity index (χ4v) is 2.18. The molecule has 1 atom stereocenters. The lowest BCUT2D eigenvalue weighted by Gasteiger charge is -2.13. The first kappa shape index (κ1) is 13.8. The van der Waals surface area contributed by atoms with Crippen LogP contribution in [0.15, 0.2) is 18.2 Å². The Morgan fingerprint density at radius 2 is 2.42 bits per heavy atom. The number of carbonyl (C=O) groups is 1. The smallest absolute Gasteiger partial charge is 0.227 e. The first-order valence-electron chi connectivity index (χ1n) is 6.51. The largest absolute Gasteiger partial charge is 0.495 e. The van der Waals surface area contributed by atoms with Crippen molar-refractivity contribution in [3.05, 3.63) is 23.8 Å². The number of nitrogens with two attached hydrogens (primary N) is 1. The van der Waals surface area contributed by atoms with Gasteiger partial charge in [0.2, 0.25) is 5.91 Å². The minimum atomic E-state index is -0.0503. The van der Waals surface area contributed by atoms with Crippen molar-refractivity contribution in [2.24, 2.45) is 5.73 Å². The van der Waals surface area contributed by atoms with Gasteiger partial charge in [0.1, 0.15) is 5.75 Å². The number of amides is 1. The Morgan fingerprint density at radius 1 is 1.58 bits per heavy atom. The molecular formula is C14H20N2O3. The molecule has 1 aliphatic heterocycles. The number of hydrogen-bond acceptors (Lipinski definition) is 4. The highest BCUT2D eigenvalue weighted by molar-refractivity contribution is 5.92. The van der Waals surface area contributed by atoms with Crippen LogP contribution in [0.2, 0.25) is 0 Å². The zero-order chi connectivity index (χ0) is 13.7. The molecule has 1 aliphatic rings. The van der Waals surface area contributed by atoms with E-state index in [-0.39, 0.29) is 12.0 Å². The molecule has 2 rings (SSSR count). The fourth-order valence-electron chi connectivity index (χ4n) is 2.18.